The van der Waals surface area contributed by atoms with E-state index in [0.29, 0.717) is 19.3 Å². The lowest BCUT2D eigenvalue weighted by molar-refractivity contribution is 0.0937. The second-order valence-corrected chi connectivity index (χ2v) is 3.39. The van der Waals surface area contributed by atoms with Gasteiger partial charge in [-0.1, -0.05) is 37.3 Å². The molecule has 0 heterocycles. The summed E-state index contributed by atoms with van der Waals surface area (Å²) in [7, 11) is 0. The highest BCUT2D eigenvalue weighted by Crippen LogP contribution is 2.08. The van der Waals surface area contributed by atoms with Crippen LogP contribution >= 0.6 is 0 Å². The Kier molecular flexibility index (Phi) is 4.33. The third kappa shape index (κ3) is 3.30. The maximum absolute atomic E-state index is 11.6. The first-order chi connectivity index (χ1) is 6.74. The summed E-state index contributed by atoms with van der Waals surface area (Å²) < 4.78 is 0. The summed E-state index contributed by atoms with van der Waals surface area (Å²) in [6.07, 6.45) is 1.35. The molecule has 0 radical (unpaired) electrons. The zero-order valence-corrected chi connectivity index (χ0v) is 8.44. The van der Waals surface area contributed by atoms with Crippen LogP contribution in [0.3, 0.4) is 0 Å². The zero-order valence-electron chi connectivity index (χ0n) is 8.44. The van der Waals surface area contributed by atoms with Crippen LogP contribution < -0.4 is 0 Å². The summed E-state index contributed by atoms with van der Waals surface area (Å²) in [5.41, 5.74) is 0.732. The molecule has 0 amide bonds. The smallest absolute Gasteiger partial charge is 0.162 e. The molecule has 1 unspecified atom stereocenters. The Morgan fingerprint density at radius 3 is 2.57 bits per heavy atom. The van der Waals surface area contributed by atoms with E-state index in [1.807, 2.05) is 25.1 Å². The minimum absolute atomic E-state index is 0.109. The van der Waals surface area contributed by atoms with E-state index in [1.165, 1.54) is 0 Å². The third-order valence-electron chi connectivity index (χ3n) is 2.27. The SMILES string of the molecule is CCC(O)CCC(=O)c1ccccc1. The molecule has 2 heteroatoms. The molecule has 0 aliphatic carbocycles. The molecule has 2 nitrogen and oxygen atoms in total. The predicted molar refractivity (Wildman–Crippen MR) is 56.3 cm³/mol. The molecule has 0 spiro atoms. The van der Waals surface area contributed by atoms with Crippen LogP contribution in [0, 0.1) is 0 Å². The second kappa shape index (κ2) is 5.55. The lowest BCUT2D eigenvalue weighted by Gasteiger charge is -2.06. The minimum Gasteiger partial charge on any atom is -0.393 e. The topological polar surface area (TPSA) is 37.3 Å². The first-order valence-corrected chi connectivity index (χ1v) is 5.00. The predicted octanol–water partition coefficient (Wildman–Crippen LogP) is 2.42. The number of aliphatic hydroxyl groups excluding tert-OH is 1. The van der Waals surface area contributed by atoms with Crippen molar-refractivity contribution in [2.75, 3.05) is 0 Å². The molecule has 1 aromatic rings. The molecule has 0 saturated carbocycles. The van der Waals surface area contributed by atoms with Gasteiger partial charge in [0.15, 0.2) is 5.78 Å². The minimum atomic E-state index is -0.345. The van der Waals surface area contributed by atoms with Crippen LogP contribution in [0.5, 0.6) is 0 Å². The van der Waals surface area contributed by atoms with Crippen molar-refractivity contribution in [1.29, 1.82) is 0 Å². The van der Waals surface area contributed by atoms with Crippen molar-refractivity contribution in [2.45, 2.75) is 32.3 Å². The number of Topliss-reactive ketones (excluding diaryl/α,β-unsaturated/α-hetero) is 1. The Balaban J connectivity index is 2.44. The maximum atomic E-state index is 11.6. The van der Waals surface area contributed by atoms with Crippen molar-refractivity contribution in [3.63, 3.8) is 0 Å². The fourth-order valence-electron chi connectivity index (χ4n) is 1.27. The van der Waals surface area contributed by atoms with Crippen molar-refractivity contribution in [1.82, 2.24) is 0 Å². The molecule has 0 aromatic heterocycles. The molecule has 76 valence electrons. The van der Waals surface area contributed by atoms with Crippen LogP contribution in [0.1, 0.15) is 36.5 Å². The van der Waals surface area contributed by atoms with Crippen LogP contribution in [0.25, 0.3) is 0 Å². The first kappa shape index (κ1) is 10.9. The lowest BCUT2D eigenvalue weighted by atomic mass is 10.0. The molecule has 1 rings (SSSR count). The molecular weight excluding hydrogens is 176 g/mol. The van der Waals surface area contributed by atoms with E-state index in [1.54, 1.807) is 12.1 Å². The van der Waals surface area contributed by atoms with Crippen molar-refractivity contribution in [2.24, 2.45) is 0 Å². The van der Waals surface area contributed by atoms with Crippen LogP contribution in [0.15, 0.2) is 30.3 Å². The van der Waals surface area contributed by atoms with E-state index in [9.17, 15) is 9.90 Å². The van der Waals surface area contributed by atoms with Gasteiger partial charge in [0, 0.05) is 12.0 Å². The highest BCUT2D eigenvalue weighted by molar-refractivity contribution is 5.95. The second-order valence-electron chi connectivity index (χ2n) is 3.39. The summed E-state index contributed by atoms with van der Waals surface area (Å²) in [5.74, 6) is 0.109. The van der Waals surface area contributed by atoms with Gasteiger partial charge in [-0.3, -0.25) is 4.79 Å². The number of hydrogen-bond acceptors (Lipinski definition) is 2. The molecule has 0 aliphatic heterocycles. The van der Waals surface area contributed by atoms with Gasteiger partial charge >= 0.3 is 0 Å². The van der Waals surface area contributed by atoms with Gasteiger partial charge in [-0.2, -0.15) is 0 Å². The summed E-state index contributed by atoms with van der Waals surface area (Å²) in [4.78, 5) is 11.6. The molecule has 0 fully saturated rings. The van der Waals surface area contributed by atoms with Crippen LogP contribution in [0.2, 0.25) is 0 Å². The van der Waals surface area contributed by atoms with E-state index in [0.717, 1.165) is 5.56 Å². The number of rotatable bonds is 5. The Morgan fingerprint density at radius 1 is 1.36 bits per heavy atom. The average molecular weight is 192 g/mol. The molecular formula is C12H16O2. The molecule has 14 heavy (non-hydrogen) atoms. The Morgan fingerprint density at radius 2 is 2.00 bits per heavy atom. The normalized spacial score (nSPS) is 12.4. The van der Waals surface area contributed by atoms with E-state index in [4.69, 9.17) is 0 Å². The van der Waals surface area contributed by atoms with Gasteiger partial charge in [-0.25, -0.2) is 0 Å². The summed E-state index contributed by atoms with van der Waals surface area (Å²) in [6, 6.07) is 9.20. The van der Waals surface area contributed by atoms with E-state index in [-0.39, 0.29) is 11.9 Å². The molecule has 0 bridgehead atoms. The van der Waals surface area contributed by atoms with Crippen LogP contribution in [-0.2, 0) is 0 Å². The van der Waals surface area contributed by atoms with Gasteiger partial charge in [0.25, 0.3) is 0 Å². The molecule has 1 atom stereocenters. The van der Waals surface area contributed by atoms with Gasteiger partial charge < -0.3 is 5.11 Å². The summed E-state index contributed by atoms with van der Waals surface area (Å²) in [6.45, 7) is 1.91. The number of carbonyl (C=O) groups is 1. The van der Waals surface area contributed by atoms with Crippen LogP contribution in [-0.4, -0.2) is 17.0 Å². The third-order valence-corrected chi connectivity index (χ3v) is 2.27. The number of hydrogen-bond donors (Lipinski definition) is 1. The molecule has 1 N–H and O–H groups in total. The van der Waals surface area contributed by atoms with Gasteiger partial charge in [0.05, 0.1) is 6.10 Å². The lowest BCUT2D eigenvalue weighted by Crippen LogP contribution is -2.08. The average Bonchev–Trinajstić information content (AvgIpc) is 2.26. The quantitative estimate of drug-likeness (QED) is 0.727. The van der Waals surface area contributed by atoms with Crippen molar-refractivity contribution >= 4 is 5.78 Å². The number of benzene rings is 1. The highest BCUT2D eigenvalue weighted by atomic mass is 16.3. The van der Waals surface area contributed by atoms with E-state index in [2.05, 4.69) is 0 Å². The Bertz CT molecular complexity index is 280. The largest absolute Gasteiger partial charge is 0.393 e. The summed E-state index contributed by atoms with van der Waals surface area (Å²) in [5, 5.41) is 9.30. The number of aliphatic hydroxyl groups is 1. The maximum Gasteiger partial charge on any atom is 0.162 e. The molecule has 1 aromatic carbocycles. The van der Waals surface area contributed by atoms with Crippen molar-refractivity contribution in [3.05, 3.63) is 35.9 Å². The Hall–Kier alpha value is -1.15. The molecule has 0 aliphatic rings. The Labute approximate surface area is 84.6 Å². The van der Waals surface area contributed by atoms with Crippen molar-refractivity contribution in [3.8, 4) is 0 Å². The fraction of sp³-hybridized carbons (Fsp3) is 0.417. The van der Waals surface area contributed by atoms with E-state index < -0.39 is 0 Å². The standard InChI is InChI=1S/C12H16O2/c1-2-11(13)8-9-12(14)10-6-4-3-5-7-10/h3-7,11,13H,2,8-9H2,1H3. The van der Waals surface area contributed by atoms with Gasteiger partial charge in [0.1, 0.15) is 0 Å². The first-order valence-electron chi connectivity index (χ1n) is 5.00. The van der Waals surface area contributed by atoms with Gasteiger partial charge in [0.2, 0.25) is 0 Å². The van der Waals surface area contributed by atoms with Gasteiger partial charge in [-0.05, 0) is 12.8 Å². The monoisotopic (exact) mass is 192 g/mol. The number of ketones is 1. The highest BCUT2D eigenvalue weighted by Gasteiger charge is 2.07. The summed E-state index contributed by atoms with van der Waals surface area (Å²) >= 11 is 0. The van der Waals surface area contributed by atoms with Crippen LogP contribution in [0.4, 0.5) is 0 Å². The zero-order chi connectivity index (χ0) is 10.4. The molecule has 0 saturated heterocycles. The fourth-order valence-corrected chi connectivity index (χ4v) is 1.27. The van der Waals surface area contributed by atoms with Crippen molar-refractivity contribution < 1.29 is 9.90 Å². The number of carbonyl (C=O) groups excluding carboxylic acids is 1. The van der Waals surface area contributed by atoms with E-state index >= 15 is 0 Å². The van der Waals surface area contributed by atoms with Gasteiger partial charge in [-0.15, -0.1) is 0 Å².